The summed E-state index contributed by atoms with van der Waals surface area (Å²) in [6, 6.07) is 12.7. The fourth-order valence-corrected chi connectivity index (χ4v) is 4.31. The van der Waals surface area contributed by atoms with E-state index in [0.717, 1.165) is 26.6 Å². The average molecular weight is 432 g/mol. The fourth-order valence-electron chi connectivity index (χ4n) is 2.92. The maximum Gasteiger partial charge on any atom is 0.294 e. The first kappa shape index (κ1) is 18.9. The third kappa shape index (κ3) is 3.51. The predicted molar refractivity (Wildman–Crippen MR) is 114 cm³/mol. The molecular formula is C20H15Cl2N3O2S. The molecule has 0 saturated heterocycles. The minimum atomic E-state index is -0.248. The molecule has 0 aliphatic heterocycles. The van der Waals surface area contributed by atoms with Crippen molar-refractivity contribution in [2.24, 2.45) is 0 Å². The van der Waals surface area contributed by atoms with Crippen LogP contribution in [0.1, 0.15) is 10.6 Å². The molecule has 0 aliphatic carbocycles. The number of benzene rings is 2. The second-order valence-corrected chi connectivity index (χ2v) is 8.23. The van der Waals surface area contributed by atoms with E-state index in [9.17, 15) is 4.79 Å². The molecule has 0 fully saturated rings. The SMILES string of the molecule is COc1ccc(-c2nn(Cc3ccc(Cl)cc3Cl)c(=O)c3nc(C)sc23)cc1. The number of hydrogen-bond acceptors (Lipinski definition) is 5. The van der Waals surface area contributed by atoms with Gasteiger partial charge in [-0.2, -0.15) is 5.10 Å². The van der Waals surface area contributed by atoms with E-state index in [1.807, 2.05) is 31.2 Å². The molecule has 28 heavy (non-hydrogen) atoms. The van der Waals surface area contributed by atoms with E-state index in [-0.39, 0.29) is 12.1 Å². The molecule has 4 rings (SSSR count). The second-order valence-electron chi connectivity index (χ2n) is 6.19. The Morgan fingerprint density at radius 3 is 2.57 bits per heavy atom. The Balaban J connectivity index is 1.89. The number of ether oxygens (including phenoxy) is 1. The standard InChI is InChI=1S/C20H15Cl2N3O2S/c1-11-23-18-19(28-11)17(12-4-7-15(27-2)8-5-12)24-25(20(18)26)10-13-3-6-14(21)9-16(13)22/h3-9H,10H2,1-2H3. The summed E-state index contributed by atoms with van der Waals surface area (Å²) >= 11 is 13.7. The molecule has 142 valence electrons. The van der Waals surface area contributed by atoms with Crippen LogP contribution in [0, 0.1) is 6.92 Å². The van der Waals surface area contributed by atoms with Crippen molar-refractivity contribution in [1.29, 1.82) is 0 Å². The van der Waals surface area contributed by atoms with Crippen LogP contribution in [0.3, 0.4) is 0 Å². The van der Waals surface area contributed by atoms with Gasteiger partial charge in [-0.3, -0.25) is 4.79 Å². The number of aryl methyl sites for hydroxylation is 1. The summed E-state index contributed by atoms with van der Waals surface area (Å²) in [5.41, 5.74) is 2.50. The number of rotatable bonds is 4. The molecular weight excluding hydrogens is 417 g/mol. The van der Waals surface area contributed by atoms with Crippen molar-refractivity contribution in [3.05, 3.63) is 73.4 Å². The van der Waals surface area contributed by atoms with Crippen LogP contribution in [-0.4, -0.2) is 21.9 Å². The Morgan fingerprint density at radius 1 is 1.14 bits per heavy atom. The normalized spacial score (nSPS) is 11.1. The van der Waals surface area contributed by atoms with E-state index in [1.165, 1.54) is 16.0 Å². The first-order valence-electron chi connectivity index (χ1n) is 8.43. The van der Waals surface area contributed by atoms with Crippen molar-refractivity contribution in [2.45, 2.75) is 13.5 Å². The highest BCUT2D eigenvalue weighted by molar-refractivity contribution is 7.19. The van der Waals surface area contributed by atoms with Crippen LogP contribution in [0.2, 0.25) is 10.0 Å². The first-order chi connectivity index (χ1) is 13.5. The van der Waals surface area contributed by atoms with Gasteiger partial charge in [0, 0.05) is 15.6 Å². The molecule has 5 nitrogen and oxygen atoms in total. The molecule has 2 heterocycles. The van der Waals surface area contributed by atoms with Gasteiger partial charge in [-0.15, -0.1) is 11.3 Å². The smallest absolute Gasteiger partial charge is 0.294 e. The zero-order chi connectivity index (χ0) is 19.8. The molecule has 0 bridgehead atoms. The molecule has 2 aromatic heterocycles. The van der Waals surface area contributed by atoms with Gasteiger partial charge in [-0.25, -0.2) is 9.67 Å². The Bertz CT molecular complexity index is 1230. The summed E-state index contributed by atoms with van der Waals surface area (Å²) in [7, 11) is 1.62. The van der Waals surface area contributed by atoms with E-state index in [0.29, 0.717) is 21.3 Å². The highest BCUT2D eigenvalue weighted by atomic mass is 35.5. The summed E-state index contributed by atoms with van der Waals surface area (Å²) in [6.07, 6.45) is 0. The minimum Gasteiger partial charge on any atom is -0.497 e. The molecule has 0 unspecified atom stereocenters. The topological polar surface area (TPSA) is 57.0 Å². The molecule has 4 aromatic rings. The molecule has 0 atom stereocenters. The molecule has 0 spiro atoms. The third-order valence-corrected chi connectivity index (χ3v) is 5.87. The second kappa shape index (κ2) is 7.54. The number of fused-ring (bicyclic) bond motifs is 1. The van der Waals surface area contributed by atoms with Crippen molar-refractivity contribution < 1.29 is 4.74 Å². The van der Waals surface area contributed by atoms with Crippen LogP contribution in [0.25, 0.3) is 21.5 Å². The fraction of sp³-hybridized carbons (Fsp3) is 0.150. The average Bonchev–Trinajstić information content (AvgIpc) is 3.08. The molecule has 8 heteroatoms. The zero-order valence-electron chi connectivity index (χ0n) is 15.1. The number of methoxy groups -OCH3 is 1. The van der Waals surface area contributed by atoms with Gasteiger partial charge in [0.05, 0.1) is 23.4 Å². The summed E-state index contributed by atoms with van der Waals surface area (Å²) in [6.45, 7) is 2.10. The van der Waals surface area contributed by atoms with Crippen molar-refractivity contribution >= 4 is 44.8 Å². The summed E-state index contributed by atoms with van der Waals surface area (Å²) in [5, 5.41) is 6.48. The maximum absolute atomic E-state index is 13.0. The van der Waals surface area contributed by atoms with Crippen LogP contribution < -0.4 is 10.3 Å². The van der Waals surface area contributed by atoms with Gasteiger partial charge in [0.2, 0.25) is 0 Å². The van der Waals surface area contributed by atoms with Crippen LogP contribution in [-0.2, 0) is 6.54 Å². The minimum absolute atomic E-state index is 0.227. The lowest BCUT2D eigenvalue weighted by atomic mass is 10.1. The van der Waals surface area contributed by atoms with Gasteiger partial charge in [-0.05, 0) is 48.9 Å². The van der Waals surface area contributed by atoms with Crippen molar-refractivity contribution in [3.63, 3.8) is 0 Å². The Morgan fingerprint density at radius 2 is 1.89 bits per heavy atom. The van der Waals surface area contributed by atoms with Gasteiger partial charge in [-0.1, -0.05) is 29.3 Å². The number of aromatic nitrogens is 3. The highest BCUT2D eigenvalue weighted by Crippen LogP contribution is 2.31. The highest BCUT2D eigenvalue weighted by Gasteiger charge is 2.17. The van der Waals surface area contributed by atoms with E-state index in [2.05, 4.69) is 10.1 Å². The van der Waals surface area contributed by atoms with Gasteiger partial charge < -0.3 is 4.74 Å². The van der Waals surface area contributed by atoms with Crippen molar-refractivity contribution in [1.82, 2.24) is 14.8 Å². The monoisotopic (exact) mass is 431 g/mol. The van der Waals surface area contributed by atoms with E-state index < -0.39 is 0 Å². The first-order valence-corrected chi connectivity index (χ1v) is 10.00. The lowest BCUT2D eigenvalue weighted by Crippen LogP contribution is -2.24. The molecule has 2 aromatic carbocycles. The predicted octanol–water partition coefficient (Wildman–Crippen LogP) is 5.19. The molecule has 0 radical (unpaired) electrons. The number of hydrogen-bond donors (Lipinski definition) is 0. The summed E-state index contributed by atoms with van der Waals surface area (Å²) in [4.78, 5) is 17.4. The molecule has 0 N–H and O–H groups in total. The molecule has 0 saturated carbocycles. The Labute approximate surface area is 175 Å². The number of halogens is 2. The zero-order valence-corrected chi connectivity index (χ0v) is 17.4. The lowest BCUT2D eigenvalue weighted by molar-refractivity contribution is 0.415. The van der Waals surface area contributed by atoms with Gasteiger partial charge >= 0.3 is 0 Å². The van der Waals surface area contributed by atoms with Gasteiger partial charge in [0.15, 0.2) is 5.52 Å². The summed E-state index contributed by atoms with van der Waals surface area (Å²) in [5.74, 6) is 0.752. The Hall–Kier alpha value is -2.41. The van der Waals surface area contributed by atoms with E-state index in [1.54, 1.807) is 25.3 Å². The largest absolute Gasteiger partial charge is 0.497 e. The van der Waals surface area contributed by atoms with Crippen LogP contribution in [0.5, 0.6) is 5.75 Å². The van der Waals surface area contributed by atoms with Crippen LogP contribution in [0.15, 0.2) is 47.3 Å². The van der Waals surface area contributed by atoms with E-state index in [4.69, 9.17) is 27.9 Å². The maximum atomic E-state index is 13.0. The van der Waals surface area contributed by atoms with Gasteiger partial charge in [0.1, 0.15) is 11.4 Å². The van der Waals surface area contributed by atoms with Crippen molar-refractivity contribution in [2.75, 3.05) is 7.11 Å². The van der Waals surface area contributed by atoms with E-state index >= 15 is 0 Å². The van der Waals surface area contributed by atoms with Crippen LogP contribution in [0.4, 0.5) is 0 Å². The quantitative estimate of drug-likeness (QED) is 0.445. The number of nitrogens with zero attached hydrogens (tertiary/aromatic N) is 3. The van der Waals surface area contributed by atoms with Crippen LogP contribution >= 0.6 is 34.5 Å². The third-order valence-electron chi connectivity index (χ3n) is 4.31. The van der Waals surface area contributed by atoms with Gasteiger partial charge in [0.25, 0.3) is 5.56 Å². The summed E-state index contributed by atoms with van der Waals surface area (Å²) < 4.78 is 7.40. The lowest BCUT2D eigenvalue weighted by Gasteiger charge is -2.10. The molecule has 0 aliphatic rings. The molecule has 0 amide bonds. The Kier molecular flexibility index (Phi) is 5.10. The number of thiazole rings is 1. The van der Waals surface area contributed by atoms with Crippen molar-refractivity contribution in [3.8, 4) is 17.0 Å².